The molecule has 1 amide bonds. The first-order chi connectivity index (χ1) is 9.68. The van der Waals surface area contributed by atoms with E-state index in [-0.39, 0.29) is 10.8 Å². The number of sulfonamides is 1. The lowest BCUT2D eigenvalue weighted by Crippen LogP contribution is -2.29. The van der Waals surface area contributed by atoms with Crippen molar-refractivity contribution in [1.82, 2.24) is 4.90 Å². The van der Waals surface area contributed by atoms with Crippen LogP contribution in [0, 0.1) is 6.92 Å². The van der Waals surface area contributed by atoms with Crippen molar-refractivity contribution in [3.63, 3.8) is 0 Å². The molecule has 118 valence electrons. The van der Waals surface area contributed by atoms with Crippen molar-refractivity contribution >= 4 is 31.9 Å². The fraction of sp³-hybridized carbons (Fsp3) is 0.462. The van der Waals surface area contributed by atoms with Crippen LogP contribution in [0.5, 0.6) is 0 Å². The fourth-order valence-corrected chi connectivity index (χ4v) is 2.97. The van der Waals surface area contributed by atoms with E-state index in [0.29, 0.717) is 35.2 Å². The summed E-state index contributed by atoms with van der Waals surface area (Å²) in [6.07, 6.45) is 0.702. The second-order valence-corrected chi connectivity index (χ2v) is 7.11. The maximum Gasteiger partial charge on any atom is 0.253 e. The summed E-state index contributed by atoms with van der Waals surface area (Å²) in [6.45, 7) is 2.81. The molecular weight excluding hydrogens is 360 g/mol. The summed E-state index contributed by atoms with van der Waals surface area (Å²) in [5, 5.41) is 5.13. The number of rotatable bonds is 6. The van der Waals surface area contributed by atoms with Gasteiger partial charge in [-0.3, -0.25) is 4.79 Å². The maximum atomic E-state index is 12.4. The van der Waals surface area contributed by atoms with Crippen LogP contribution in [0.25, 0.3) is 0 Å². The molecule has 1 rings (SSSR count). The first kappa shape index (κ1) is 18.1. The number of benzene rings is 1. The first-order valence-electron chi connectivity index (χ1n) is 6.25. The highest BCUT2D eigenvalue weighted by Gasteiger charge is 2.20. The van der Waals surface area contributed by atoms with Gasteiger partial charge in [-0.15, -0.1) is 0 Å². The van der Waals surface area contributed by atoms with Crippen molar-refractivity contribution in [1.29, 1.82) is 0 Å². The van der Waals surface area contributed by atoms with Crippen molar-refractivity contribution in [3.8, 4) is 0 Å². The van der Waals surface area contributed by atoms with E-state index in [9.17, 15) is 13.2 Å². The van der Waals surface area contributed by atoms with Crippen LogP contribution in [0.4, 0.5) is 0 Å². The van der Waals surface area contributed by atoms with Crippen molar-refractivity contribution in [2.45, 2.75) is 18.2 Å². The number of primary sulfonamides is 1. The van der Waals surface area contributed by atoms with E-state index in [2.05, 4.69) is 15.9 Å². The number of amides is 1. The van der Waals surface area contributed by atoms with E-state index < -0.39 is 10.0 Å². The number of carbonyl (C=O) groups excluding carboxylic acids is 1. The molecule has 0 aliphatic carbocycles. The summed E-state index contributed by atoms with van der Waals surface area (Å²) in [5.41, 5.74) is 0.985. The summed E-state index contributed by atoms with van der Waals surface area (Å²) in [7, 11) is -0.608. The maximum absolute atomic E-state index is 12.4. The lowest BCUT2D eigenvalue weighted by Gasteiger charge is -2.19. The molecule has 0 heterocycles. The number of nitrogens with two attached hydrogens (primary N) is 1. The van der Waals surface area contributed by atoms with Gasteiger partial charge in [0.15, 0.2) is 0 Å². The van der Waals surface area contributed by atoms with Crippen LogP contribution in [0.3, 0.4) is 0 Å². The molecular formula is C13H19BrN2O4S. The summed E-state index contributed by atoms with van der Waals surface area (Å²) >= 11 is 3.26. The lowest BCUT2D eigenvalue weighted by molar-refractivity contribution is 0.0778. The molecule has 0 atom stereocenters. The van der Waals surface area contributed by atoms with Crippen LogP contribution in [-0.2, 0) is 14.8 Å². The lowest BCUT2D eigenvalue weighted by atomic mass is 10.1. The van der Waals surface area contributed by atoms with Gasteiger partial charge in [0.25, 0.3) is 5.91 Å². The zero-order valence-corrected chi connectivity index (χ0v) is 14.6. The number of methoxy groups -OCH3 is 1. The van der Waals surface area contributed by atoms with Crippen molar-refractivity contribution in [2.24, 2.45) is 5.14 Å². The Morgan fingerprint density at radius 2 is 2.05 bits per heavy atom. The van der Waals surface area contributed by atoms with Gasteiger partial charge in [-0.05, 0) is 31.0 Å². The van der Waals surface area contributed by atoms with Crippen molar-refractivity contribution < 1.29 is 17.9 Å². The Balaban J connectivity index is 3.11. The third-order valence-corrected chi connectivity index (χ3v) is 4.78. The van der Waals surface area contributed by atoms with Gasteiger partial charge in [-0.25, -0.2) is 13.6 Å². The van der Waals surface area contributed by atoms with Gasteiger partial charge >= 0.3 is 0 Å². The Hall–Kier alpha value is -0.960. The number of halogens is 1. The number of nitrogens with zero attached hydrogens (tertiary/aromatic N) is 1. The molecule has 0 bridgehead atoms. The van der Waals surface area contributed by atoms with Gasteiger partial charge in [0.1, 0.15) is 0 Å². The first-order valence-corrected chi connectivity index (χ1v) is 8.59. The molecule has 0 aromatic heterocycles. The molecule has 0 saturated carbocycles. The van der Waals surface area contributed by atoms with Crippen LogP contribution in [0.1, 0.15) is 22.3 Å². The SMILES string of the molecule is COCCCN(C)C(=O)c1cc(S(N)(=O)=O)cc(Br)c1C. The highest BCUT2D eigenvalue weighted by Crippen LogP contribution is 2.25. The minimum absolute atomic E-state index is 0.0892. The topological polar surface area (TPSA) is 89.7 Å². The van der Waals surface area contributed by atoms with Crippen molar-refractivity contribution in [2.75, 3.05) is 27.3 Å². The fourth-order valence-electron chi connectivity index (χ4n) is 1.79. The number of hydrogen-bond donors (Lipinski definition) is 1. The summed E-state index contributed by atoms with van der Waals surface area (Å²) < 4.78 is 28.4. The predicted molar refractivity (Wildman–Crippen MR) is 83.7 cm³/mol. The van der Waals surface area contributed by atoms with Crippen LogP contribution < -0.4 is 5.14 Å². The van der Waals surface area contributed by atoms with Gasteiger partial charge in [0.2, 0.25) is 10.0 Å². The highest BCUT2D eigenvalue weighted by molar-refractivity contribution is 9.10. The monoisotopic (exact) mass is 378 g/mol. The molecule has 6 nitrogen and oxygen atoms in total. The zero-order valence-electron chi connectivity index (χ0n) is 12.2. The third kappa shape index (κ3) is 4.77. The van der Waals surface area contributed by atoms with E-state index in [1.54, 1.807) is 21.1 Å². The number of carbonyl (C=O) groups is 1. The molecule has 0 aliphatic rings. The largest absolute Gasteiger partial charge is 0.385 e. The van der Waals surface area contributed by atoms with Gasteiger partial charge in [-0.1, -0.05) is 15.9 Å². The van der Waals surface area contributed by atoms with Gasteiger partial charge in [0.05, 0.1) is 4.90 Å². The second kappa shape index (κ2) is 7.35. The Kier molecular flexibility index (Phi) is 6.33. The number of hydrogen-bond acceptors (Lipinski definition) is 4. The minimum atomic E-state index is -3.87. The molecule has 1 aromatic carbocycles. The van der Waals surface area contributed by atoms with E-state index in [0.717, 1.165) is 0 Å². The average molecular weight is 379 g/mol. The molecule has 0 unspecified atom stereocenters. The van der Waals surface area contributed by atoms with E-state index in [4.69, 9.17) is 9.88 Å². The predicted octanol–water partition coefficient (Wildman–Crippen LogP) is 1.51. The van der Waals surface area contributed by atoms with E-state index in [1.165, 1.54) is 17.0 Å². The quantitative estimate of drug-likeness (QED) is 0.759. The van der Waals surface area contributed by atoms with Crippen LogP contribution in [0.2, 0.25) is 0 Å². The molecule has 2 N–H and O–H groups in total. The molecule has 1 aromatic rings. The zero-order chi connectivity index (χ0) is 16.2. The van der Waals surface area contributed by atoms with Gasteiger partial charge in [-0.2, -0.15) is 0 Å². The molecule has 0 aliphatic heterocycles. The van der Waals surface area contributed by atoms with Crippen LogP contribution >= 0.6 is 15.9 Å². The Labute approximate surface area is 133 Å². The Bertz CT molecular complexity index is 631. The smallest absolute Gasteiger partial charge is 0.253 e. The standard InChI is InChI=1S/C13H19BrN2O4S/c1-9-11(13(17)16(2)5-4-6-20-3)7-10(8-12(9)14)21(15,18)19/h7-8H,4-6H2,1-3H3,(H2,15,18,19). The molecule has 0 fully saturated rings. The Morgan fingerprint density at radius 1 is 1.43 bits per heavy atom. The van der Waals surface area contributed by atoms with E-state index in [1.807, 2.05) is 0 Å². The summed E-state index contributed by atoms with van der Waals surface area (Å²) in [6, 6.07) is 2.71. The average Bonchev–Trinajstić information content (AvgIpc) is 2.39. The third-order valence-electron chi connectivity index (χ3n) is 3.07. The summed E-state index contributed by atoms with van der Waals surface area (Å²) in [5.74, 6) is -0.255. The van der Waals surface area contributed by atoms with Gasteiger partial charge in [0, 0.05) is 37.3 Å². The minimum Gasteiger partial charge on any atom is -0.385 e. The van der Waals surface area contributed by atoms with Gasteiger partial charge < -0.3 is 9.64 Å². The molecule has 0 radical (unpaired) electrons. The highest BCUT2D eigenvalue weighted by atomic mass is 79.9. The van der Waals surface area contributed by atoms with Crippen LogP contribution in [-0.4, -0.2) is 46.5 Å². The normalized spacial score (nSPS) is 11.5. The molecule has 21 heavy (non-hydrogen) atoms. The molecule has 0 spiro atoms. The van der Waals surface area contributed by atoms with E-state index >= 15 is 0 Å². The molecule has 8 heteroatoms. The molecule has 0 saturated heterocycles. The number of ether oxygens (including phenoxy) is 1. The van der Waals surface area contributed by atoms with Crippen molar-refractivity contribution in [3.05, 3.63) is 27.7 Å². The van der Waals surface area contributed by atoms with Crippen LogP contribution in [0.15, 0.2) is 21.5 Å². The second-order valence-electron chi connectivity index (χ2n) is 4.70. The summed E-state index contributed by atoms with van der Waals surface area (Å²) in [4.78, 5) is 13.9. The Morgan fingerprint density at radius 3 is 2.57 bits per heavy atom.